The van der Waals surface area contributed by atoms with Crippen LogP contribution in [0.1, 0.15) is 38.7 Å². The van der Waals surface area contributed by atoms with E-state index in [-0.39, 0.29) is 11.9 Å². The van der Waals surface area contributed by atoms with Crippen LogP contribution in [0.4, 0.5) is 0 Å². The van der Waals surface area contributed by atoms with E-state index in [2.05, 4.69) is 13.8 Å². The van der Waals surface area contributed by atoms with E-state index in [1.807, 2.05) is 24.3 Å². The van der Waals surface area contributed by atoms with Crippen LogP contribution in [0.2, 0.25) is 5.02 Å². The van der Waals surface area contributed by atoms with Gasteiger partial charge in [-0.3, -0.25) is 0 Å². The lowest BCUT2D eigenvalue weighted by atomic mass is 10.0. The molecular weight excluding hydrogens is 276 g/mol. The Hall–Kier alpha value is -0.610. The van der Waals surface area contributed by atoms with E-state index in [0.717, 1.165) is 29.8 Å². The topological polar surface area (TPSA) is 27.7 Å². The van der Waals surface area contributed by atoms with Crippen molar-refractivity contribution < 1.29 is 14.2 Å². The first-order valence-electron chi connectivity index (χ1n) is 7.29. The van der Waals surface area contributed by atoms with Gasteiger partial charge in [0.05, 0.1) is 19.8 Å². The number of rotatable bonds is 6. The maximum atomic E-state index is 6.15. The number of hydrogen-bond acceptors (Lipinski definition) is 3. The normalized spacial score (nSPS) is 26.6. The van der Waals surface area contributed by atoms with E-state index >= 15 is 0 Å². The zero-order chi connectivity index (χ0) is 14.4. The third kappa shape index (κ3) is 3.95. The average molecular weight is 299 g/mol. The second kappa shape index (κ2) is 7.41. The predicted octanol–water partition coefficient (Wildman–Crippen LogP) is 4.18. The number of ether oxygens (including phenoxy) is 3. The van der Waals surface area contributed by atoms with Gasteiger partial charge >= 0.3 is 0 Å². The Bertz CT molecular complexity index is 414. The zero-order valence-electron chi connectivity index (χ0n) is 12.2. The van der Waals surface area contributed by atoms with E-state index in [0.29, 0.717) is 19.8 Å². The molecule has 1 aliphatic heterocycles. The quantitative estimate of drug-likeness (QED) is 0.788. The van der Waals surface area contributed by atoms with Gasteiger partial charge in [-0.1, -0.05) is 50.1 Å². The number of benzene rings is 1. The first kappa shape index (κ1) is 15.8. The summed E-state index contributed by atoms with van der Waals surface area (Å²) >= 11 is 6.15. The van der Waals surface area contributed by atoms with E-state index in [1.165, 1.54) is 0 Å². The minimum absolute atomic E-state index is 0.0800. The highest BCUT2D eigenvalue weighted by Crippen LogP contribution is 2.27. The van der Waals surface area contributed by atoms with Crippen molar-refractivity contribution in [2.24, 2.45) is 0 Å². The van der Waals surface area contributed by atoms with Crippen LogP contribution in [0, 0.1) is 0 Å². The van der Waals surface area contributed by atoms with Crippen molar-refractivity contribution in [3.05, 3.63) is 34.9 Å². The van der Waals surface area contributed by atoms with Crippen molar-refractivity contribution in [3.63, 3.8) is 0 Å². The molecule has 1 aromatic rings. The molecule has 0 atom stereocenters. The van der Waals surface area contributed by atoms with Crippen LogP contribution >= 0.6 is 11.6 Å². The zero-order valence-corrected chi connectivity index (χ0v) is 13.0. The lowest BCUT2D eigenvalue weighted by molar-refractivity contribution is -0.270. The molecule has 3 nitrogen and oxygen atoms in total. The van der Waals surface area contributed by atoms with Crippen LogP contribution in [-0.4, -0.2) is 25.1 Å². The first-order chi connectivity index (χ1) is 9.69. The Morgan fingerprint density at radius 2 is 1.95 bits per heavy atom. The predicted molar refractivity (Wildman–Crippen MR) is 79.9 cm³/mol. The van der Waals surface area contributed by atoms with Crippen LogP contribution in [-0.2, 0) is 20.8 Å². The second-order valence-corrected chi connectivity index (χ2v) is 5.66. The summed E-state index contributed by atoms with van der Waals surface area (Å²) in [4.78, 5) is 0. The molecule has 20 heavy (non-hydrogen) atoms. The fraction of sp³-hybridized carbons (Fsp3) is 0.625. The summed E-state index contributed by atoms with van der Waals surface area (Å²) in [6.07, 6.45) is 2.77. The molecule has 0 aliphatic carbocycles. The molecule has 0 saturated carbocycles. The Labute approximate surface area is 126 Å². The minimum Gasteiger partial charge on any atom is -0.365 e. The minimum atomic E-state index is -0.358. The van der Waals surface area contributed by atoms with Crippen molar-refractivity contribution in [1.82, 2.24) is 0 Å². The summed E-state index contributed by atoms with van der Waals surface area (Å²) in [6.45, 7) is 5.87. The van der Waals surface area contributed by atoms with Crippen molar-refractivity contribution in [2.75, 3.05) is 13.2 Å². The summed E-state index contributed by atoms with van der Waals surface area (Å²) in [5, 5.41) is 0.736. The van der Waals surface area contributed by atoms with E-state index < -0.39 is 0 Å². The van der Waals surface area contributed by atoms with Gasteiger partial charge in [0.2, 0.25) is 0 Å². The fourth-order valence-corrected chi connectivity index (χ4v) is 2.41. The smallest absolute Gasteiger partial charge is 0.157 e. The Morgan fingerprint density at radius 1 is 1.25 bits per heavy atom. The van der Waals surface area contributed by atoms with Gasteiger partial charge in [-0.2, -0.15) is 0 Å². The SMILES string of the molecule is CCCC1OCC(CC)(OCc2ccccc2Cl)CO1. The molecule has 1 aliphatic rings. The molecule has 0 spiro atoms. The Kier molecular flexibility index (Phi) is 5.85. The van der Waals surface area contributed by atoms with Crippen LogP contribution in [0.5, 0.6) is 0 Å². The van der Waals surface area contributed by atoms with Crippen molar-refractivity contribution in [1.29, 1.82) is 0 Å². The van der Waals surface area contributed by atoms with Crippen molar-refractivity contribution in [2.45, 2.75) is 51.6 Å². The van der Waals surface area contributed by atoms with Gasteiger partial charge in [0.15, 0.2) is 6.29 Å². The van der Waals surface area contributed by atoms with E-state index in [9.17, 15) is 0 Å². The highest BCUT2D eigenvalue weighted by atomic mass is 35.5. The maximum Gasteiger partial charge on any atom is 0.157 e. The highest BCUT2D eigenvalue weighted by Gasteiger charge is 2.36. The molecule has 0 bridgehead atoms. The summed E-state index contributed by atoms with van der Waals surface area (Å²) in [5.41, 5.74) is 0.640. The molecule has 0 amide bonds. The fourth-order valence-electron chi connectivity index (χ4n) is 2.22. The molecule has 4 heteroatoms. The summed E-state index contributed by atoms with van der Waals surface area (Å²) in [5.74, 6) is 0. The molecule has 1 aromatic carbocycles. The number of halogens is 1. The highest BCUT2D eigenvalue weighted by molar-refractivity contribution is 6.31. The summed E-state index contributed by atoms with van der Waals surface area (Å²) in [7, 11) is 0. The Balaban J connectivity index is 1.91. The monoisotopic (exact) mass is 298 g/mol. The lowest BCUT2D eigenvalue weighted by Crippen LogP contribution is -2.48. The van der Waals surface area contributed by atoms with E-state index in [4.69, 9.17) is 25.8 Å². The van der Waals surface area contributed by atoms with Crippen molar-refractivity contribution >= 4 is 11.6 Å². The van der Waals surface area contributed by atoms with Gasteiger partial charge < -0.3 is 14.2 Å². The Morgan fingerprint density at radius 3 is 2.55 bits per heavy atom. The molecule has 0 unspecified atom stereocenters. The number of hydrogen-bond donors (Lipinski definition) is 0. The first-order valence-corrected chi connectivity index (χ1v) is 7.67. The summed E-state index contributed by atoms with van der Waals surface area (Å²) < 4.78 is 17.6. The maximum absolute atomic E-state index is 6.15. The van der Waals surface area contributed by atoms with Crippen molar-refractivity contribution in [3.8, 4) is 0 Å². The molecule has 112 valence electrons. The second-order valence-electron chi connectivity index (χ2n) is 5.26. The van der Waals surface area contributed by atoms with Gasteiger partial charge in [0, 0.05) is 5.02 Å². The molecule has 0 N–H and O–H groups in total. The molecule has 1 heterocycles. The van der Waals surface area contributed by atoms with E-state index in [1.54, 1.807) is 0 Å². The third-order valence-corrected chi connectivity index (χ3v) is 4.09. The standard InChI is InChI=1S/C16H23ClO3/c1-3-7-15-18-11-16(4-2,12-19-15)20-10-13-8-5-6-9-14(13)17/h5-6,8-9,15H,3-4,7,10-12H2,1-2H3. The van der Waals surface area contributed by atoms with Crippen LogP contribution in [0.25, 0.3) is 0 Å². The van der Waals surface area contributed by atoms with Gasteiger partial charge in [-0.15, -0.1) is 0 Å². The van der Waals surface area contributed by atoms with Gasteiger partial charge in [0.25, 0.3) is 0 Å². The molecule has 1 fully saturated rings. The van der Waals surface area contributed by atoms with Gasteiger partial charge in [0.1, 0.15) is 5.60 Å². The van der Waals surface area contributed by atoms with Crippen LogP contribution in [0.15, 0.2) is 24.3 Å². The lowest BCUT2D eigenvalue weighted by Gasteiger charge is -2.39. The third-order valence-electron chi connectivity index (χ3n) is 3.72. The average Bonchev–Trinajstić information content (AvgIpc) is 2.49. The molecule has 1 saturated heterocycles. The van der Waals surface area contributed by atoms with Crippen LogP contribution < -0.4 is 0 Å². The van der Waals surface area contributed by atoms with Gasteiger partial charge in [-0.25, -0.2) is 0 Å². The molecule has 0 radical (unpaired) electrons. The largest absolute Gasteiger partial charge is 0.365 e. The molecule has 2 rings (SSSR count). The van der Waals surface area contributed by atoms with Crippen LogP contribution in [0.3, 0.4) is 0 Å². The summed E-state index contributed by atoms with van der Waals surface area (Å²) in [6, 6.07) is 7.75. The molecule has 0 aromatic heterocycles. The van der Waals surface area contributed by atoms with Gasteiger partial charge in [-0.05, 0) is 24.5 Å². The molecular formula is C16H23ClO3.